The molecule has 0 spiro atoms. The first-order valence-electron chi connectivity index (χ1n) is 5.69. The van der Waals surface area contributed by atoms with Gasteiger partial charge in [-0.2, -0.15) is 13.2 Å². The lowest BCUT2D eigenvalue weighted by Crippen LogP contribution is -2.30. The molecule has 0 fully saturated rings. The maximum atomic E-state index is 12.1. The average molecular weight is 265 g/mol. The summed E-state index contributed by atoms with van der Waals surface area (Å²) in [5, 5.41) is 6.94. The molecule has 0 amide bonds. The van der Waals surface area contributed by atoms with Gasteiger partial charge in [0.05, 0.1) is 18.8 Å². The van der Waals surface area contributed by atoms with Gasteiger partial charge in [-0.1, -0.05) is 19.0 Å². The molecule has 0 aliphatic rings. The number of alkyl halides is 3. The highest BCUT2D eigenvalue weighted by Crippen LogP contribution is 2.17. The van der Waals surface area contributed by atoms with Crippen molar-refractivity contribution in [3.63, 3.8) is 0 Å². The SMILES string of the molecule is CC(C)NCc1cc(CN(C)CC(F)(F)F)on1. The lowest BCUT2D eigenvalue weighted by atomic mass is 10.3. The Bertz CT molecular complexity index is 363. The van der Waals surface area contributed by atoms with Gasteiger partial charge in [0.1, 0.15) is 0 Å². The first kappa shape index (κ1) is 15.0. The maximum Gasteiger partial charge on any atom is 0.401 e. The predicted octanol–water partition coefficient (Wildman–Crippen LogP) is 2.17. The molecule has 18 heavy (non-hydrogen) atoms. The monoisotopic (exact) mass is 265 g/mol. The van der Waals surface area contributed by atoms with Crippen LogP contribution in [0.5, 0.6) is 0 Å². The van der Waals surface area contributed by atoms with Gasteiger partial charge < -0.3 is 9.84 Å². The van der Waals surface area contributed by atoms with Crippen LogP contribution in [0.1, 0.15) is 25.3 Å². The third-order valence-electron chi connectivity index (χ3n) is 2.17. The van der Waals surface area contributed by atoms with Gasteiger partial charge in [-0.25, -0.2) is 0 Å². The summed E-state index contributed by atoms with van der Waals surface area (Å²) in [6.07, 6.45) is -4.20. The molecular formula is C11H18F3N3O. The quantitative estimate of drug-likeness (QED) is 0.856. The van der Waals surface area contributed by atoms with E-state index in [2.05, 4.69) is 10.5 Å². The van der Waals surface area contributed by atoms with Crippen LogP contribution < -0.4 is 5.32 Å². The molecule has 1 rings (SSSR count). The molecule has 0 bridgehead atoms. The fraction of sp³-hybridized carbons (Fsp3) is 0.727. The number of nitrogens with zero attached hydrogens (tertiary/aromatic N) is 2. The zero-order valence-electron chi connectivity index (χ0n) is 10.7. The largest absolute Gasteiger partial charge is 0.401 e. The van der Waals surface area contributed by atoms with Gasteiger partial charge in [0.25, 0.3) is 0 Å². The zero-order valence-corrected chi connectivity index (χ0v) is 10.7. The van der Waals surface area contributed by atoms with Crippen molar-refractivity contribution in [2.75, 3.05) is 13.6 Å². The highest BCUT2D eigenvalue weighted by molar-refractivity contribution is 5.05. The molecule has 0 radical (unpaired) electrons. The fourth-order valence-electron chi connectivity index (χ4n) is 1.45. The van der Waals surface area contributed by atoms with Crippen LogP contribution in [0.3, 0.4) is 0 Å². The van der Waals surface area contributed by atoms with Crippen molar-refractivity contribution in [2.45, 2.75) is 39.2 Å². The van der Waals surface area contributed by atoms with Gasteiger partial charge in [-0.3, -0.25) is 4.90 Å². The van der Waals surface area contributed by atoms with Crippen LogP contribution in [-0.4, -0.2) is 35.9 Å². The molecular weight excluding hydrogens is 247 g/mol. The van der Waals surface area contributed by atoms with Crippen LogP contribution >= 0.6 is 0 Å². The number of hydrogen-bond acceptors (Lipinski definition) is 4. The van der Waals surface area contributed by atoms with Gasteiger partial charge >= 0.3 is 6.18 Å². The van der Waals surface area contributed by atoms with Crippen molar-refractivity contribution in [3.8, 4) is 0 Å². The Morgan fingerprint density at radius 3 is 2.67 bits per heavy atom. The van der Waals surface area contributed by atoms with Gasteiger partial charge in [-0.15, -0.1) is 0 Å². The second-order valence-electron chi connectivity index (χ2n) is 4.61. The summed E-state index contributed by atoms with van der Waals surface area (Å²) < 4.78 is 41.4. The summed E-state index contributed by atoms with van der Waals surface area (Å²) in [7, 11) is 1.39. The second-order valence-corrected chi connectivity index (χ2v) is 4.61. The Morgan fingerprint density at radius 1 is 1.44 bits per heavy atom. The van der Waals surface area contributed by atoms with Crippen molar-refractivity contribution in [3.05, 3.63) is 17.5 Å². The third kappa shape index (κ3) is 6.02. The van der Waals surface area contributed by atoms with E-state index in [0.29, 0.717) is 24.0 Å². The number of nitrogens with one attached hydrogen (secondary N) is 1. The highest BCUT2D eigenvalue weighted by atomic mass is 19.4. The van der Waals surface area contributed by atoms with Crippen LogP contribution in [-0.2, 0) is 13.1 Å². The van der Waals surface area contributed by atoms with Crippen molar-refractivity contribution < 1.29 is 17.7 Å². The summed E-state index contributed by atoms with van der Waals surface area (Å²) in [5.41, 5.74) is 0.694. The van der Waals surface area contributed by atoms with Gasteiger partial charge in [-0.05, 0) is 7.05 Å². The Labute approximate surface area is 104 Å². The van der Waals surface area contributed by atoms with Crippen LogP contribution in [0.4, 0.5) is 13.2 Å². The molecule has 0 saturated carbocycles. The van der Waals surface area contributed by atoms with E-state index < -0.39 is 12.7 Å². The normalized spacial score (nSPS) is 12.7. The van der Waals surface area contributed by atoms with E-state index >= 15 is 0 Å². The van der Waals surface area contributed by atoms with Gasteiger partial charge in [0, 0.05) is 18.7 Å². The second kappa shape index (κ2) is 6.19. The molecule has 0 unspecified atom stereocenters. The minimum Gasteiger partial charge on any atom is -0.360 e. The predicted molar refractivity (Wildman–Crippen MR) is 60.9 cm³/mol. The molecule has 0 saturated heterocycles. The van der Waals surface area contributed by atoms with Gasteiger partial charge in [0.2, 0.25) is 0 Å². The minimum absolute atomic E-state index is 0.0915. The van der Waals surface area contributed by atoms with Crippen LogP contribution in [0, 0.1) is 0 Å². The Balaban J connectivity index is 2.43. The van der Waals surface area contributed by atoms with Crippen molar-refractivity contribution >= 4 is 0 Å². The molecule has 0 aromatic carbocycles. The lowest BCUT2D eigenvalue weighted by molar-refractivity contribution is -0.144. The summed E-state index contributed by atoms with van der Waals surface area (Å²) >= 11 is 0. The Hall–Kier alpha value is -1.08. The fourth-order valence-corrected chi connectivity index (χ4v) is 1.45. The molecule has 1 aromatic heterocycles. The zero-order chi connectivity index (χ0) is 13.8. The Kier molecular flexibility index (Phi) is 5.15. The van der Waals surface area contributed by atoms with Crippen LogP contribution in [0.25, 0.3) is 0 Å². The van der Waals surface area contributed by atoms with E-state index in [1.54, 1.807) is 6.07 Å². The van der Waals surface area contributed by atoms with Crippen LogP contribution in [0.15, 0.2) is 10.6 Å². The lowest BCUT2D eigenvalue weighted by Gasteiger charge is -2.16. The molecule has 1 heterocycles. The topological polar surface area (TPSA) is 41.3 Å². The first-order valence-corrected chi connectivity index (χ1v) is 5.69. The molecule has 1 N–H and O–H groups in total. The summed E-state index contributed by atoms with van der Waals surface area (Å²) in [6.45, 7) is 3.67. The van der Waals surface area contributed by atoms with E-state index in [4.69, 9.17) is 4.52 Å². The summed E-state index contributed by atoms with van der Waals surface area (Å²) in [6, 6.07) is 1.99. The molecule has 104 valence electrons. The van der Waals surface area contributed by atoms with E-state index in [1.807, 2.05) is 13.8 Å². The average Bonchev–Trinajstić information content (AvgIpc) is 2.59. The molecule has 0 aliphatic carbocycles. The highest BCUT2D eigenvalue weighted by Gasteiger charge is 2.29. The van der Waals surface area contributed by atoms with E-state index in [-0.39, 0.29) is 6.54 Å². The van der Waals surface area contributed by atoms with E-state index in [9.17, 15) is 13.2 Å². The van der Waals surface area contributed by atoms with Crippen LogP contribution in [0.2, 0.25) is 0 Å². The number of aromatic nitrogens is 1. The van der Waals surface area contributed by atoms with Crippen molar-refractivity contribution in [2.24, 2.45) is 0 Å². The number of rotatable bonds is 6. The smallest absolute Gasteiger partial charge is 0.360 e. The summed E-state index contributed by atoms with van der Waals surface area (Å²) in [4.78, 5) is 1.14. The van der Waals surface area contributed by atoms with E-state index in [0.717, 1.165) is 4.90 Å². The molecule has 4 nitrogen and oxygen atoms in total. The van der Waals surface area contributed by atoms with Crippen molar-refractivity contribution in [1.82, 2.24) is 15.4 Å². The molecule has 1 aromatic rings. The molecule has 7 heteroatoms. The number of hydrogen-bond donors (Lipinski definition) is 1. The third-order valence-corrected chi connectivity index (χ3v) is 2.17. The molecule has 0 aliphatic heterocycles. The molecule has 0 atom stereocenters. The minimum atomic E-state index is -4.20. The Morgan fingerprint density at radius 2 is 2.11 bits per heavy atom. The number of halogens is 3. The maximum absolute atomic E-state index is 12.1. The van der Waals surface area contributed by atoms with Crippen molar-refractivity contribution in [1.29, 1.82) is 0 Å². The van der Waals surface area contributed by atoms with E-state index in [1.165, 1.54) is 7.05 Å². The first-order chi connectivity index (χ1) is 8.26. The van der Waals surface area contributed by atoms with Gasteiger partial charge in [0.15, 0.2) is 5.76 Å². The standard InChI is InChI=1S/C11H18F3N3O/c1-8(2)15-5-9-4-10(18-16-9)6-17(3)7-11(12,13)14/h4,8,15H,5-7H2,1-3H3. The summed E-state index contributed by atoms with van der Waals surface area (Å²) in [5.74, 6) is 0.433.